The molecular weight excluding hydrogens is 220 g/mol. The molecule has 0 radical (unpaired) electrons. The Bertz CT molecular complexity index is 407. The van der Waals surface area contributed by atoms with Gasteiger partial charge in [-0.3, -0.25) is 9.59 Å². The second-order valence-corrected chi connectivity index (χ2v) is 4.21. The van der Waals surface area contributed by atoms with E-state index in [9.17, 15) is 9.59 Å². The molecule has 0 aliphatic carbocycles. The molecule has 0 fully saturated rings. The maximum Gasteiger partial charge on any atom is 0.271 e. The lowest BCUT2D eigenvalue weighted by atomic mass is 10.0. The molecule has 0 spiro atoms. The average Bonchev–Trinajstić information content (AvgIpc) is 2.29. The summed E-state index contributed by atoms with van der Waals surface area (Å²) in [5, 5.41) is 8.74. The molecule has 1 heterocycles. The van der Waals surface area contributed by atoms with Crippen molar-refractivity contribution in [3.05, 3.63) is 28.2 Å². The highest BCUT2D eigenvalue weighted by atomic mass is 16.2. The lowest BCUT2D eigenvalue weighted by Gasteiger charge is -2.21. The van der Waals surface area contributed by atoms with Crippen LogP contribution >= 0.6 is 0 Å². The van der Waals surface area contributed by atoms with Crippen LogP contribution in [0.2, 0.25) is 0 Å². The topological polar surface area (TPSA) is 101 Å². The number of rotatable bonds is 5. The second kappa shape index (κ2) is 6.15. The minimum Gasteiger partial charge on any atom is -0.348 e. The van der Waals surface area contributed by atoms with Crippen molar-refractivity contribution in [1.82, 2.24) is 15.5 Å². The third-order valence-electron chi connectivity index (χ3n) is 2.51. The first-order valence-electron chi connectivity index (χ1n) is 5.61. The van der Waals surface area contributed by atoms with Crippen molar-refractivity contribution in [2.24, 2.45) is 11.7 Å². The normalized spacial score (nSPS) is 12.5. The third kappa shape index (κ3) is 3.99. The van der Waals surface area contributed by atoms with E-state index in [1.54, 1.807) is 0 Å². The summed E-state index contributed by atoms with van der Waals surface area (Å²) < 4.78 is 0. The summed E-state index contributed by atoms with van der Waals surface area (Å²) in [6.07, 6.45) is 0.715. The number of carbonyl (C=O) groups excluding carboxylic acids is 1. The minimum atomic E-state index is -0.330. The van der Waals surface area contributed by atoms with Gasteiger partial charge in [-0.15, -0.1) is 0 Å². The van der Waals surface area contributed by atoms with E-state index in [0.29, 0.717) is 18.9 Å². The zero-order valence-electron chi connectivity index (χ0n) is 10.1. The van der Waals surface area contributed by atoms with Gasteiger partial charge in [0.2, 0.25) is 0 Å². The number of amides is 1. The molecule has 0 saturated carbocycles. The molecule has 1 aromatic rings. The van der Waals surface area contributed by atoms with Crippen LogP contribution in [0, 0.1) is 5.92 Å². The van der Waals surface area contributed by atoms with Crippen LogP contribution < -0.4 is 16.6 Å². The Morgan fingerprint density at radius 1 is 1.53 bits per heavy atom. The molecule has 0 aliphatic rings. The summed E-state index contributed by atoms with van der Waals surface area (Å²) in [7, 11) is 0. The number of carbonyl (C=O) groups is 1. The van der Waals surface area contributed by atoms with Crippen LogP contribution in [0.25, 0.3) is 0 Å². The van der Waals surface area contributed by atoms with Crippen molar-refractivity contribution < 1.29 is 4.79 Å². The van der Waals surface area contributed by atoms with Gasteiger partial charge >= 0.3 is 0 Å². The predicted molar refractivity (Wildman–Crippen MR) is 64.6 cm³/mol. The lowest BCUT2D eigenvalue weighted by molar-refractivity contribution is 0.0918. The van der Waals surface area contributed by atoms with Crippen LogP contribution in [-0.2, 0) is 0 Å². The maximum atomic E-state index is 11.8. The second-order valence-electron chi connectivity index (χ2n) is 4.21. The first kappa shape index (κ1) is 13.4. The van der Waals surface area contributed by atoms with E-state index in [0.717, 1.165) is 0 Å². The summed E-state index contributed by atoms with van der Waals surface area (Å²) in [5.74, 6) is -0.00124. The fourth-order valence-corrected chi connectivity index (χ4v) is 1.46. The quantitative estimate of drug-likeness (QED) is 0.665. The molecule has 4 N–H and O–H groups in total. The molecule has 0 saturated heterocycles. The molecular formula is C11H18N4O2. The Morgan fingerprint density at radius 2 is 2.24 bits per heavy atom. The molecule has 1 atom stereocenters. The van der Waals surface area contributed by atoms with Crippen molar-refractivity contribution >= 4 is 5.91 Å². The molecule has 6 nitrogen and oxygen atoms in total. The van der Waals surface area contributed by atoms with Gasteiger partial charge in [-0.2, -0.15) is 5.10 Å². The van der Waals surface area contributed by atoms with Crippen LogP contribution in [0.4, 0.5) is 0 Å². The Hall–Kier alpha value is -1.69. The number of hydrogen-bond donors (Lipinski definition) is 3. The largest absolute Gasteiger partial charge is 0.348 e. The summed E-state index contributed by atoms with van der Waals surface area (Å²) in [4.78, 5) is 22.6. The molecule has 1 rings (SSSR count). The van der Waals surface area contributed by atoms with Gasteiger partial charge in [-0.1, -0.05) is 13.8 Å². The molecule has 1 amide bonds. The summed E-state index contributed by atoms with van der Waals surface area (Å²) in [6, 6.07) is 2.68. The van der Waals surface area contributed by atoms with E-state index in [-0.39, 0.29) is 23.2 Å². The number of nitrogens with one attached hydrogen (secondary N) is 2. The first-order chi connectivity index (χ1) is 8.04. The first-order valence-corrected chi connectivity index (χ1v) is 5.61. The van der Waals surface area contributed by atoms with Crippen LogP contribution in [0.15, 0.2) is 16.9 Å². The van der Waals surface area contributed by atoms with Gasteiger partial charge in [0, 0.05) is 12.1 Å². The fourth-order valence-electron chi connectivity index (χ4n) is 1.46. The van der Waals surface area contributed by atoms with E-state index >= 15 is 0 Å². The molecule has 0 bridgehead atoms. The van der Waals surface area contributed by atoms with Gasteiger partial charge in [-0.05, 0) is 24.9 Å². The predicted octanol–water partition coefficient (Wildman–Crippen LogP) is -0.127. The van der Waals surface area contributed by atoms with Crippen LogP contribution in [-0.4, -0.2) is 28.7 Å². The fraction of sp³-hybridized carbons (Fsp3) is 0.545. The SMILES string of the molecule is CC(C)C(CCN)NC(=O)c1ccc(=O)[nH]n1. The van der Waals surface area contributed by atoms with E-state index in [2.05, 4.69) is 15.5 Å². The number of H-pyrrole nitrogens is 1. The van der Waals surface area contributed by atoms with Crippen LogP contribution in [0.3, 0.4) is 0 Å². The van der Waals surface area contributed by atoms with Crippen molar-refractivity contribution in [1.29, 1.82) is 0 Å². The highest BCUT2D eigenvalue weighted by Gasteiger charge is 2.17. The standard InChI is InChI=1S/C11H18N4O2/c1-7(2)8(5-6-12)13-11(17)9-3-4-10(16)15-14-9/h3-4,7-8H,5-6,12H2,1-2H3,(H,13,17)(H,15,16). The number of nitrogens with two attached hydrogens (primary N) is 1. The number of hydrogen-bond acceptors (Lipinski definition) is 4. The van der Waals surface area contributed by atoms with Crippen molar-refractivity contribution in [2.75, 3.05) is 6.54 Å². The minimum absolute atomic E-state index is 0.0150. The zero-order chi connectivity index (χ0) is 12.8. The van der Waals surface area contributed by atoms with E-state index in [4.69, 9.17) is 5.73 Å². The molecule has 0 aromatic carbocycles. The van der Waals surface area contributed by atoms with Gasteiger partial charge < -0.3 is 11.1 Å². The van der Waals surface area contributed by atoms with Gasteiger partial charge in [0.1, 0.15) is 5.69 Å². The Kier molecular flexibility index (Phi) is 4.84. The summed E-state index contributed by atoms with van der Waals surface area (Å²) in [5.41, 5.74) is 5.36. The van der Waals surface area contributed by atoms with Gasteiger partial charge in [0.15, 0.2) is 0 Å². The Labute approximate surface area is 99.6 Å². The third-order valence-corrected chi connectivity index (χ3v) is 2.51. The molecule has 94 valence electrons. The number of aromatic amines is 1. The van der Waals surface area contributed by atoms with E-state index < -0.39 is 0 Å². The summed E-state index contributed by atoms with van der Waals surface area (Å²) in [6.45, 7) is 4.55. The van der Waals surface area contributed by atoms with E-state index in [1.165, 1.54) is 12.1 Å². The van der Waals surface area contributed by atoms with E-state index in [1.807, 2.05) is 13.8 Å². The molecule has 1 aromatic heterocycles. The van der Waals surface area contributed by atoms with Crippen LogP contribution in [0.1, 0.15) is 30.8 Å². The maximum absolute atomic E-state index is 11.8. The lowest BCUT2D eigenvalue weighted by Crippen LogP contribution is -2.40. The Morgan fingerprint density at radius 3 is 2.71 bits per heavy atom. The molecule has 0 aliphatic heterocycles. The van der Waals surface area contributed by atoms with Gasteiger partial charge in [-0.25, -0.2) is 5.10 Å². The smallest absolute Gasteiger partial charge is 0.271 e. The molecule has 17 heavy (non-hydrogen) atoms. The Balaban J connectivity index is 2.70. The van der Waals surface area contributed by atoms with Gasteiger partial charge in [0.05, 0.1) is 0 Å². The van der Waals surface area contributed by atoms with Crippen molar-refractivity contribution in [2.45, 2.75) is 26.3 Å². The van der Waals surface area contributed by atoms with Crippen molar-refractivity contribution in [3.8, 4) is 0 Å². The van der Waals surface area contributed by atoms with Crippen molar-refractivity contribution in [3.63, 3.8) is 0 Å². The molecule has 6 heteroatoms. The zero-order valence-corrected chi connectivity index (χ0v) is 10.1. The monoisotopic (exact) mass is 238 g/mol. The average molecular weight is 238 g/mol. The summed E-state index contributed by atoms with van der Waals surface area (Å²) >= 11 is 0. The number of nitrogens with zero attached hydrogens (tertiary/aromatic N) is 1. The highest BCUT2D eigenvalue weighted by molar-refractivity contribution is 5.92. The van der Waals surface area contributed by atoms with Crippen LogP contribution in [0.5, 0.6) is 0 Å². The molecule has 1 unspecified atom stereocenters. The highest BCUT2D eigenvalue weighted by Crippen LogP contribution is 2.05. The number of aromatic nitrogens is 2. The van der Waals surface area contributed by atoms with Gasteiger partial charge in [0.25, 0.3) is 11.5 Å².